The fraction of sp³-hybridized carbons (Fsp3) is 1.00. The maximum atomic E-state index is 8.25. The second kappa shape index (κ2) is 3.84. The molecule has 0 radical (unpaired) electrons. The van der Waals surface area contributed by atoms with Gasteiger partial charge in [-0.05, 0) is 58.0 Å². The molecule has 1 heteroatoms. The van der Waals surface area contributed by atoms with E-state index in [1.165, 1.54) is 6.42 Å². The summed E-state index contributed by atoms with van der Waals surface area (Å²) in [6, 6.07) is 0. The van der Waals surface area contributed by atoms with Gasteiger partial charge in [-0.15, -0.1) is 0 Å². The third kappa shape index (κ3) is 2.98. The van der Waals surface area contributed by atoms with Crippen molar-refractivity contribution in [3.8, 4) is 0 Å². The molecule has 0 N–H and O–H groups in total. The number of rotatable bonds is 0. The van der Waals surface area contributed by atoms with E-state index in [-0.39, 0.29) is 17.4 Å². The predicted octanol–water partition coefficient (Wildman–Crippen LogP) is 3.54. The molecule has 0 amide bonds. The largest absolute Gasteiger partial charge is 0.298 e. The van der Waals surface area contributed by atoms with Gasteiger partial charge in [0.15, 0.2) is 0 Å². The van der Waals surface area contributed by atoms with Gasteiger partial charge in [0, 0.05) is 6.91 Å². The Morgan fingerprint density at radius 1 is 1.07 bits per heavy atom. The van der Waals surface area contributed by atoms with E-state index in [4.69, 9.17) is 1.37 Å². The van der Waals surface area contributed by atoms with Crippen molar-refractivity contribution in [2.45, 2.75) is 59.9 Å². The first kappa shape index (κ1) is 10.5. The van der Waals surface area contributed by atoms with Crippen LogP contribution in [0.4, 0.5) is 0 Å². The van der Waals surface area contributed by atoms with E-state index in [1.807, 2.05) is 0 Å². The molecule has 1 saturated heterocycles. The number of nitrogens with zero attached hydrogens (tertiary/aromatic N) is 1. The van der Waals surface area contributed by atoms with Crippen molar-refractivity contribution in [3.63, 3.8) is 0 Å². The van der Waals surface area contributed by atoms with Gasteiger partial charge >= 0.3 is 0 Å². The van der Waals surface area contributed by atoms with E-state index >= 15 is 0 Å². The highest BCUT2D eigenvalue weighted by atomic mass is 15.2. The summed E-state index contributed by atoms with van der Waals surface area (Å²) < 4.78 is 8.25. The van der Waals surface area contributed by atoms with Crippen LogP contribution in [0.3, 0.4) is 0 Å². The minimum absolute atomic E-state index is 0.0815. The summed E-state index contributed by atoms with van der Waals surface area (Å²) in [5.41, 5.74) is 0.512. The van der Waals surface area contributed by atoms with Gasteiger partial charge in [0.05, 0.1) is 0 Å². The van der Waals surface area contributed by atoms with Crippen LogP contribution in [0.1, 0.15) is 55.7 Å². The molecule has 1 fully saturated rings. The van der Waals surface area contributed by atoms with Crippen LogP contribution < -0.4 is 0 Å². The molecule has 2 atom stereocenters. The molecule has 0 aromatic carbocycles. The molecule has 1 rings (SSSR count). The lowest BCUT2D eigenvalue weighted by atomic mass is 9.75. The Balaban J connectivity index is 2.64. The number of likely N-dealkylation sites (tertiary alicyclic amines) is 1. The second-order valence-corrected chi connectivity index (χ2v) is 6.61. The molecule has 14 heavy (non-hydrogen) atoms. The fourth-order valence-corrected chi connectivity index (χ4v) is 2.15. The summed E-state index contributed by atoms with van der Waals surface area (Å²) in [5.74, 6) is 0.552. The van der Waals surface area contributed by atoms with Crippen molar-refractivity contribution in [1.82, 2.24) is 4.90 Å². The van der Waals surface area contributed by atoms with Gasteiger partial charge in [0.2, 0.25) is 0 Å². The van der Waals surface area contributed by atoms with Crippen molar-refractivity contribution in [1.29, 1.82) is 0 Å². The monoisotopic (exact) mass is 198 g/mol. The molecule has 2 unspecified atom stereocenters. The minimum Gasteiger partial charge on any atom is -0.298 e. The lowest BCUT2D eigenvalue weighted by Gasteiger charge is -2.44. The fourth-order valence-electron chi connectivity index (χ4n) is 2.15. The topological polar surface area (TPSA) is 3.24 Å². The molecule has 0 aliphatic carbocycles. The normalized spacial score (nSPS) is 32.9. The van der Waals surface area contributed by atoms with Gasteiger partial charge in [-0.2, -0.15) is 0 Å². The first-order valence-corrected chi connectivity index (χ1v) is 5.79. The van der Waals surface area contributed by atoms with E-state index in [1.54, 1.807) is 0 Å². The van der Waals surface area contributed by atoms with Crippen molar-refractivity contribution in [3.05, 3.63) is 0 Å². The average molecular weight is 198 g/mol. The molecule has 1 aliphatic heterocycles. The Bertz CT molecular complexity index is 212. The van der Waals surface area contributed by atoms with Crippen LogP contribution >= 0.6 is 0 Å². The smallest absolute Gasteiger partial charge is 0.0283 e. The van der Waals surface area contributed by atoms with E-state index in [0.717, 1.165) is 13.1 Å². The summed E-state index contributed by atoms with van der Waals surface area (Å²) in [6.45, 7) is 15.6. The second-order valence-electron chi connectivity index (χ2n) is 6.61. The summed E-state index contributed by atoms with van der Waals surface area (Å²) >= 11 is 0. The number of hydrogen-bond acceptors (Lipinski definition) is 1. The Hall–Kier alpha value is -0.0400. The molecule has 1 aliphatic rings. The van der Waals surface area contributed by atoms with Crippen LogP contribution in [-0.4, -0.2) is 23.5 Å². The average Bonchev–Trinajstić information content (AvgIpc) is 1.99. The van der Waals surface area contributed by atoms with Gasteiger partial charge < -0.3 is 0 Å². The van der Waals surface area contributed by atoms with Crippen molar-refractivity contribution < 1.29 is 1.37 Å². The molecule has 0 aromatic heterocycles. The Morgan fingerprint density at radius 2 is 1.64 bits per heavy atom. The Kier molecular flexibility index (Phi) is 2.88. The van der Waals surface area contributed by atoms with E-state index in [0.29, 0.717) is 5.92 Å². The van der Waals surface area contributed by atoms with E-state index in [9.17, 15) is 0 Å². The lowest BCUT2D eigenvalue weighted by Crippen LogP contribution is -2.47. The highest BCUT2D eigenvalue weighted by Crippen LogP contribution is 2.35. The first-order chi connectivity index (χ1) is 6.62. The molecule has 0 saturated carbocycles. The van der Waals surface area contributed by atoms with Crippen LogP contribution in [0.25, 0.3) is 0 Å². The van der Waals surface area contributed by atoms with Crippen LogP contribution in [0.15, 0.2) is 0 Å². The molecule has 1 nitrogen and oxygen atoms in total. The Morgan fingerprint density at radius 3 is 2.00 bits per heavy atom. The zero-order valence-corrected chi connectivity index (χ0v) is 10.7. The quantitative estimate of drug-likeness (QED) is 0.575. The maximum absolute atomic E-state index is 8.25. The standard InChI is InChI=1S/C13H27N/c1-12(2,3)11-7-9-14(10-8-11)13(4,5)6/h11H,7-10H2,1-6H3/i7D. The van der Waals surface area contributed by atoms with Gasteiger partial charge in [-0.25, -0.2) is 0 Å². The molecule has 1 heterocycles. The summed E-state index contributed by atoms with van der Waals surface area (Å²) in [7, 11) is 0. The first-order valence-electron chi connectivity index (χ1n) is 6.37. The molecule has 0 spiro atoms. The molecular formula is C13H27N. The summed E-state index contributed by atoms with van der Waals surface area (Å²) in [6.07, 6.45) is 1.26. The van der Waals surface area contributed by atoms with Crippen molar-refractivity contribution >= 4 is 0 Å². The summed E-state index contributed by atoms with van der Waals surface area (Å²) in [4.78, 5) is 2.45. The van der Waals surface area contributed by atoms with Crippen LogP contribution in [0.5, 0.6) is 0 Å². The van der Waals surface area contributed by atoms with Gasteiger partial charge in [-0.1, -0.05) is 20.8 Å². The summed E-state index contributed by atoms with van der Waals surface area (Å²) in [5, 5.41) is 0. The maximum Gasteiger partial charge on any atom is 0.0283 e. The van der Waals surface area contributed by atoms with Crippen molar-refractivity contribution in [2.24, 2.45) is 11.3 Å². The third-order valence-corrected chi connectivity index (χ3v) is 3.38. The number of hydrogen-bond donors (Lipinski definition) is 0. The van der Waals surface area contributed by atoms with Crippen LogP contribution in [0, 0.1) is 11.3 Å². The molecule has 0 aromatic rings. The van der Waals surface area contributed by atoms with Crippen molar-refractivity contribution in [2.75, 3.05) is 13.1 Å². The third-order valence-electron chi connectivity index (χ3n) is 3.38. The zero-order valence-electron chi connectivity index (χ0n) is 11.7. The van der Waals surface area contributed by atoms with Crippen LogP contribution in [0.2, 0.25) is 0 Å². The number of piperidine rings is 1. The van der Waals surface area contributed by atoms with Crippen LogP contribution in [-0.2, 0) is 0 Å². The highest BCUT2D eigenvalue weighted by molar-refractivity contribution is 4.85. The van der Waals surface area contributed by atoms with E-state index in [2.05, 4.69) is 46.4 Å². The SMILES string of the molecule is [2H]C1CN(C(C)(C)C)CCC1C(C)(C)C. The van der Waals surface area contributed by atoms with E-state index < -0.39 is 0 Å². The predicted molar refractivity (Wildman–Crippen MR) is 63.5 cm³/mol. The van der Waals surface area contributed by atoms with Gasteiger partial charge in [0.1, 0.15) is 0 Å². The zero-order chi connectivity index (χ0) is 11.9. The molecule has 84 valence electrons. The molecule has 0 bridgehead atoms. The minimum atomic E-state index is 0.0815. The molecular weight excluding hydrogens is 170 g/mol. The van der Waals surface area contributed by atoms with Gasteiger partial charge in [0.25, 0.3) is 0 Å². The van der Waals surface area contributed by atoms with Gasteiger partial charge in [-0.3, -0.25) is 4.90 Å². The Labute approximate surface area is 91.3 Å². The lowest BCUT2D eigenvalue weighted by molar-refractivity contribution is 0.0532. The highest BCUT2D eigenvalue weighted by Gasteiger charge is 2.32.